The molecule has 3 N–H and O–H groups in total. The monoisotopic (exact) mass is 249 g/mol. The minimum Gasteiger partial charge on any atom is -0.492 e. The largest absolute Gasteiger partial charge is 0.492 e. The minimum absolute atomic E-state index is 0.0635. The molecule has 0 bridgehead atoms. The van der Waals surface area contributed by atoms with Gasteiger partial charge in [-0.15, -0.1) is 0 Å². The van der Waals surface area contributed by atoms with Crippen molar-refractivity contribution >= 4 is 5.84 Å². The van der Waals surface area contributed by atoms with E-state index in [1.54, 1.807) is 12.1 Å². The average molecular weight is 249 g/mol. The van der Waals surface area contributed by atoms with E-state index in [-0.39, 0.29) is 5.84 Å². The molecule has 0 radical (unpaired) electrons. The van der Waals surface area contributed by atoms with Gasteiger partial charge in [0, 0.05) is 25.2 Å². The standard InChI is InChI=1S/C13H19N3O2/c14-13(15)11-2-1-3-12(10-11)18-9-6-16-4-7-17-8-5-16/h1-3,10H,4-9H2,(H3,14,15). The fourth-order valence-electron chi connectivity index (χ4n) is 1.87. The third kappa shape index (κ3) is 3.72. The fraction of sp³-hybridized carbons (Fsp3) is 0.462. The number of benzene rings is 1. The molecule has 1 aliphatic rings. The maximum atomic E-state index is 7.37. The van der Waals surface area contributed by atoms with E-state index in [1.165, 1.54) is 0 Å². The van der Waals surface area contributed by atoms with Crippen LogP contribution in [0.4, 0.5) is 0 Å². The first kappa shape index (κ1) is 12.9. The van der Waals surface area contributed by atoms with Crippen LogP contribution in [0, 0.1) is 5.41 Å². The zero-order valence-corrected chi connectivity index (χ0v) is 10.4. The Labute approximate surface area is 107 Å². The minimum atomic E-state index is 0.0635. The Balaban J connectivity index is 1.78. The second-order valence-corrected chi connectivity index (χ2v) is 4.24. The van der Waals surface area contributed by atoms with E-state index in [9.17, 15) is 0 Å². The highest BCUT2D eigenvalue weighted by Crippen LogP contribution is 2.12. The van der Waals surface area contributed by atoms with Crippen LogP contribution in [0.1, 0.15) is 5.56 Å². The molecule has 1 aliphatic heterocycles. The third-order valence-corrected chi connectivity index (χ3v) is 2.92. The highest BCUT2D eigenvalue weighted by Gasteiger charge is 2.09. The zero-order chi connectivity index (χ0) is 12.8. The molecule has 1 saturated heterocycles. The van der Waals surface area contributed by atoms with Crippen molar-refractivity contribution in [3.8, 4) is 5.75 Å². The van der Waals surface area contributed by atoms with Crippen LogP contribution in [-0.4, -0.2) is 50.2 Å². The maximum absolute atomic E-state index is 7.37. The predicted molar refractivity (Wildman–Crippen MR) is 70.2 cm³/mol. The van der Waals surface area contributed by atoms with Gasteiger partial charge < -0.3 is 15.2 Å². The molecule has 0 atom stereocenters. The molecular weight excluding hydrogens is 230 g/mol. The molecular formula is C13H19N3O2. The van der Waals surface area contributed by atoms with Crippen LogP contribution in [0.5, 0.6) is 5.75 Å². The first-order valence-electron chi connectivity index (χ1n) is 6.13. The van der Waals surface area contributed by atoms with Gasteiger partial charge >= 0.3 is 0 Å². The molecule has 0 amide bonds. The molecule has 0 aromatic heterocycles. The van der Waals surface area contributed by atoms with E-state index < -0.39 is 0 Å². The Hall–Kier alpha value is -1.59. The summed E-state index contributed by atoms with van der Waals surface area (Å²) in [7, 11) is 0. The van der Waals surface area contributed by atoms with Crippen LogP contribution in [0.3, 0.4) is 0 Å². The molecule has 98 valence electrons. The summed E-state index contributed by atoms with van der Waals surface area (Å²) in [6.07, 6.45) is 0. The number of nitrogen functional groups attached to an aromatic ring is 1. The van der Waals surface area contributed by atoms with Crippen molar-refractivity contribution in [2.75, 3.05) is 39.5 Å². The smallest absolute Gasteiger partial charge is 0.122 e. The molecule has 0 spiro atoms. The Morgan fingerprint density at radius 1 is 1.39 bits per heavy atom. The summed E-state index contributed by atoms with van der Waals surface area (Å²) in [6, 6.07) is 7.32. The summed E-state index contributed by atoms with van der Waals surface area (Å²) in [5.74, 6) is 0.824. The Bertz CT molecular complexity index is 403. The lowest BCUT2D eigenvalue weighted by atomic mass is 10.2. The highest BCUT2D eigenvalue weighted by atomic mass is 16.5. The van der Waals surface area contributed by atoms with Crippen LogP contribution < -0.4 is 10.5 Å². The van der Waals surface area contributed by atoms with Crippen LogP contribution >= 0.6 is 0 Å². The van der Waals surface area contributed by atoms with Gasteiger partial charge in [0.05, 0.1) is 13.2 Å². The number of nitrogens with zero attached hydrogens (tertiary/aromatic N) is 1. The second-order valence-electron chi connectivity index (χ2n) is 4.24. The van der Waals surface area contributed by atoms with Crippen molar-refractivity contribution in [3.05, 3.63) is 29.8 Å². The van der Waals surface area contributed by atoms with Crippen molar-refractivity contribution in [2.24, 2.45) is 5.73 Å². The Kier molecular flexibility index (Phi) is 4.55. The number of amidine groups is 1. The molecule has 1 heterocycles. The number of hydrogen-bond acceptors (Lipinski definition) is 4. The van der Waals surface area contributed by atoms with E-state index in [2.05, 4.69) is 4.90 Å². The van der Waals surface area contributed by atoms with E-state index in [0.717, 1.165) is 38.6 Å². The lowest BCUT2D eigenvalue weighted by molar-refractivity contribution is 0.0322. The molecule has 0 saturated carbocycles. The van der Waals surface area contributed by atoms with Gasteiger partial charge in [-0.2, -0.15) is 0 Å². The van der Waals surface area contributed by atoms with E-state index in [4.69, 9.17) is 20.6 Å². The summed E-state index contributed by atoms with van der Waals surface area (Å²) in [6.45, 7) is 5.09. The number of morpholine rings is 1. The molecule has 18 heavy (non-hydrogen) atoms. The summed E-state index contributed by atoms with van der Waals surface area (Å²) in [4.78, 5) is 2.32. The molecule has 1 aromatic rings. The van der Waals surface area contributed by atoms with Crippen LogP contribution in [0.15, 0.2) is 24.3 Å². The second kappa shape index (κ2) is 6.37. The van der Waals surface area contributed by atoms with Gasteiger partial charge in [-0.1, -0.05) is 12.1 Å². The number of rotatable bonds is 5. The number of nitrogens with two attached hydrogens (primary N) is 1. The summed E-state index contributed by atoms with van der Waals surface area (Å²) in [5, 5.41) is 7.37. The van der Waals surface area contributed by atoms with Gasteiger partial charge in [0.1, 0.15) is 18.2 Å². The molecule has 2 rings (SSSR count). The number of hydrogen-bond donors (Lipinski definition) is 2. The van der Waals surface area contributed by atoms with Gasteiger partial charge in [-0.25, -0.2) is 0 Å². The lowest BCUT2D eigenvalue weighted by Gasteiger charge is -2.26. The van der Waals surface area contributed by atoms with Gasteiger partial charge in [-0.3, -0.25) is 10.3 Å². The summed E-state index contributed by atoms with van der Waals surface area (Å²) >= 11 is 0. The molecule has 5 nitrogen and oxygen atoms in total. The molecule has 0 aliphatic carbocycles. The maximum Gasteiger partial charge on any atom is 0.122 e. The molecule has 1 aromatic carbocycles. The Morgan fingerprint density at radius 2 is 2.17 bits per heavy atom. The van der Waals surface area contributed by atoms with Crippen molar-refractivity contribution in [1.82, 2.24) is 4.90 Å². The fourth-order valence-corrected chi connectivity index (χ4v) is 1.87. The van der Waals surface area contributed by atoms with Gasteiger partial charge in [0.25, 0.3) is 0 Å². The third-order valence-electron chi connectivity index (χ3n) is 2.92. The first-order valence-corrected chi connectivity index (χ1v) is 6.13. The van der Waals surface area contributed by atoms with E-state index in [0.29, 0.717) is 12.2 Å². The SMILES string of the molecule is N=C(N)c1cccc(OCCN2CCOCC2)c1. The normalized spacial score (nSPS) is 16.4. The Morgan fingerprint density at radius 3 is 2.89 bits per heavy atom. The van der Waals surface area contributed by atoms with Crippen molar-refractivity contribution in [3.63, 3.8) is 0 Å². The molecule has 1 fully saturated rings. The quantitative estimate of drug-likeness (QED) is 0.594. The van der Waals surface area contributed by atoms with E-state index >= 15 is 0 Å². The van der Waals surface area contributed by atoms with E-state index in [1.807, 2.05) is 12.1 Å². The lowest BCUT2D eigenvalue weighted by Crippen LogP contribution is -2.38. The molecule has 5 heteroatoms. The van der Waals surface area contributed by atoms with Gasteiger partial charge in [0.15, 0.2) is 0 Å². The van der Waals surface area contributed by atoms with Crippen LogP contribution in [0.2, 0.25) is 0 Å². The van der Waals surface area contributed by atoms with Crippen molar-refractivity contribution in [2.45, 2.75) is 0 Å². The zero-order valence-electron chi connectivity index (χ0n) is 10.4. The topological polar surface area (TPSA) is 71.6 Å². The van der Waals surface area contributed by atoms with Gasteiger partial charge in [-0.05, 0) is 12.1 Å². The number of ether oxygens (including phenoxy) is 2. The number of nitrogens with one attached hydrogen (secondary N) is 1. The van der Waals surface area contributed by atoms with Crippen molar-refractivity contribution < 1.29 is 9.47 Å². The highest BCUT2D eigenvalue weighted by molar-refractivity contribution is 5.95. The predicted octanol–water partition coefficient (Wildman–Crippen LogP) is 0.682. The summed E-state index contributed by atoms with van der Waals surface area (Å²) in [5.41, 5.74) is 6.13. The van der Waals surface area contributed by atoms with Crippen molar-refractivity contribution in [1.29, 1.82) is 5.41 Å². The average Bonchev–Trinajstić information content (AvgIpc) is 2.40. The first-order chi connectivity index (χ1) is 8.75. The van der Waals surface area contributed by atoms with Crippen LogP contribution in [-0.2, 0) is 4.74 Å². The van der Waals surface area contributed by atoms with Gasteiger partial charge in [0.2, 0.25) is 0 Å². The van der Waals surface area contributed by atoms with Crippen LogP contribution in [0.25, 0.3) is 0 Å². The molecule has 0 unspecified atom stereocenters. The summed E-state index contributed by atoms with van der Waals surface area (Å²) < 4.78 is 11.0.